The standard InChI is InChI=1S/C19H21FN2O2S/c1-3-18(23)21-15-7-4-13(2)17(12-15)22-19(24)10-11-25-16-8-5-14(20)6-9-16/h4-9,12H,3,10-11H2,1-2H3,(H,21,23)(H,22,24). The molecule has 2 N–H and O–H groups in total. The van der Waals surface area contributed by atoms with Crippen molar-refractivity contribution in [2.75, 3.05) is 16.4 Å². The fourth-order valence-electron chi connectivity index (χ4n) is 2.09. The number of benzene rings is 2. The van der Waals surface area contributed by atoms with Gasteiger partial charge in [-0.25, -0.2) is 4.39 Å². The fourth-order valence-corrected chi connectivity index (χ4v) is 2.94. The molecule has 0 saturated carbocycles. The van der Waals surface area contributed by atoms with E-state index in [-0.39, 0.29) is 17.6 Å². The molecule has 0 aliphatic carbocycles. The van der Waals surface area contributed by atoms with Crippen LogP contribution in [0.25, 0.3) is 0 Å². The van der Waals surface area contributed by atoms with E-state index < -0.39 is 0 Å². The van der Waals surface area contributed by atoms with Gasteiger partial charge in [-0.05, 0) is 48.9 Å². The molecule has 132 valence electrons. The van der Waals surface area contributed by atoms with E-state index in [1.54, 1.807) is 25.1 Å². The van der Waals surface area contributed by atoms with Crippen LogP contribution in [0, 0.1) is 12.7 Å². The van der Waals surface area contributed by atoms with Crippen LogP contribution in [0.3, 0.4) is 0 Å². The molecule has 0 saturated heterocycles. The van der Waals surface area contributed by atoms with Crippen LogP contribution in [0.1, 0.15) is 25.3 Å². The van der Waals surface area contributed by atoms with Gasteiger partial charge in [0.25, 0.3) is 0 Å². The number of amides is 2. The molecule has 2 amide bonds. The van der Waals surface area contributed by atoms with Gasteiger partial charge in [0.1, 0.15) is 5.82 Å². The first-order valence-corrected chi connectivity index (χ1v) is 9.05. The second kappa shape index (κ2) is 9.22. The first-order valence-electron chi connectivity index (χ1n) is 8.06. The second-order valence-corrected chi connectivity index (χ2v) is 6.70. The highest BCUT2D eigenvalue weighted by Crippen LogP contribution is 2.22. The predicted octanol–water partition coefficient (Wildman–Crippen LogP) is 4.60. The van der Waals surface area contributed by atoms with E-state index in [1.807, 2.05) is 19.1 Å². The zero-order valence-electron chi connectivity index (χ0n) is 14.3. The molecule has 2 aromatic carbocycles. The zero-order valence-corrected chi connectivity index (χ0v) is 15.1. The number of carbonyl (C=O) groups is 2. The molecule has 0 radical (unpaired) electrons. The zero-order chi connectivity index (χ0) is 18.2. The highest BCUT2D eigenvalue weighted by atomic mass is 32.2. The number of thioether (sulfide) groups is 1. The van der Waals surface area contributed by atoms with E-state index in [2.05, 4.69) is 10.6 Å². The minimum Gasteiger partial charge on any atom is -0.326 e. The molecule has 0 unspecified atom stereocenters. The second-order valence-electron chi connectivity index (χ2n) is 5.53. The molecule has 0 aliphatic rings. The maximum atomic E-state index is 12.9. The van der Waals surface area contributed by atoms with Crippen LogP contribution in [0.4, 0.5) is 15.8 Å². The summed E-state index contributed by atoms with van der Waals surface area (Å²) >= 11 is 1.50. The highest BCUT2D eigenvalue weighted by molar-refractivity contribution is 7.99. The van der Waals surface area contributed by atoms with Crippen molar-refractivity contribution in [1.29, 1.82) is 0 Å². The molecule has 0 bridgehead atoms. The molecule has 0 heterocycles. The summed E-state index contributed by atoms with van der Waals surface area (Å²) in [4.78, 5) is 24.5. The number of nitrogens with one attached hydrogen (secondary N) is 2. The van der Waals surface area contributed by atoms with Crippen molar-refractivity contribution in [1.82, 2.24) is 0 Å². The molecule has 2 aromatic rings. The first-order chi connectivity index (χ1) is 12.0. The lowest BCUT2D eigenvalue weighted by molar-refractivity contribution is -0.116. The van der Waals surface area contributed by atoms with Gasteiger partial charge in [0.05, 0.1) is 0 Å². The third-order valence-corrected chi connectivity index (χ3v) is 4.54. The number of hydrogen-bond acceptors (Lipinski definition) is 3. The SMILES string of the molecule is CCC(=O)Nc1ccc(C)c(NC(=O)CCSc2ccc(F)cc2)c1. The van der Waals surface area contributed by atoms with E-state index in [0.717, 1.165) is 10.5 Å². The molecule has 0 aromatic heterocycles. The van der Waals surface area contributed by atoms with Gasteiger partial charge in [0.2, 0.25) is 11.8 Å². The van der Waals surface area contributed by atoms with Crippen molar-refractivity contribution < 1.29 is 14.0 Å². The number of aryl methyl sites for hydroxylation is 1. The number of rotatable bonds is 7. The van der Waals surface area contributed by atoms with Crippen LogP contribution >= 0.6 is 11.8 Å². The van der Waals surface area contributed by atoms with Crippen molar-refractivity contribution >= 4 is 35.0 Å². The monoisotopic (exact) mass is 360 g/mol. The van der Waals surface area contributed by atoms with Crippen LogP contribution < -0.4 is 10.6 Å². The molecule has 0 atom stereocenters. The smallest absolute Gasteiger partial charge is 0.225 e. The lowest BCUT2D eigenvalue weighted by Gasteiger charge is -2.11. The van der Waals surface area contributed by atoms with Crippen molar-refractivity contribution in [3.05, 3.63) is 53.8 Å². The minimum absolute atomic E-state index is 0.0724. The molecular formula is C19H21FN2O2S. The lowest BCUT2D eigenvalue weighted by atomic mass is 10.1. The van der Waals surface area contributed by atoms with Gasteiger partial charge >= 0.3 is 0 Å². The number of halogens is 1. The van der Waals surface area contributed by atoms with Gasteiger partial charge in [-0.3, -0.25) is 9.59 Å². The van der Waals surface area contributed by atoms with Crippen molar-refractivity contribution in [3.63, 3.8) is 0 Å². The minimum atomic E-state index is -0.271. The molecule has 0 spiro atoms. The molecule has 4 nitrogen and oxygen atoms in total. The summed E-state index contributed by atoms with van der Waals surface area (Å²) in [5.41, 5.74) is 2.27. The van der Waals surface area contributed by atoms with Crippen LogP contribution in [0.15, 0.2) is 47.4 Å². The highest BCUT2D eigenvalue weighted by Gasteiger charge is 2.07. The quantitative estimate of drug-likeness (QED) is 0.709. The number of carbonyl (C=O) groups excluding carboxylic acids is 2. The Balaban J connectivity index is 1.87. The van der Waals surface area contributed by atoms with Gasteiger partial charge in [-0.15, -0.1) is 11.8 Å². The fraction of sp³-hybridized carbons (Fsp3) is 0.263. The maximum absolute atomic E-state index is 12.9. The van der Waals surface area contributed by atoms with Crippen LogP contribution in [-0.4, -0.2) is 17.6 Å². The van der Waals surface area contributed by atoms with Crippen LogP contribution in [0.5, 0.6) is 0 Å². The summed E-state index contributed by atoms with van der Waals surface area (Å²) in [5, 5.41) is 5.65. The largest absolute Gasteiger partial charge is 0.326 e. The lowest BCUT2D eigenvalue weighted by Crippen LogP contribution is -2.14. The van der Waals surface area contributed by atoms with Crippen LogP contribution in [0.2, 0.25) is 0 Å². The number of anilines is 2. The van der Waals surface area contributed by atoms with Gasteiger partial charge in [0, 0.05) is 34.9 Å². The maximum Gasteiger partial charge on any atom is 0.225 e. The Morgan fingerprint density at radius 3 is 2.44 bits per heavy atom. The van der Waals surface area contributed by atoms with Crippen molar-refractivity contribution in [3.8, 4) is 0 Å². The van der Waals surface area contributed by atoms with Gasteiger partial charge in [-0.1, -0.05) is 13.0 Å². The summed E-state index contributed by atoms with van der Waals surface area (Å²) in [6.45, 7) is 3.68. The Labute approximate surface area is 151 Å². The normalized spacial score (nSPS) is 10.4. The average molecular weight is 360 g/mol. The molecule has 6 heteroatoms. The summed E-state index contributed by atoms with van der Waals surface area (Å²) in [6.07, 6.45) is 0.739. The third kappa shape index (κ3) is 6.23. The molecule has 2 rings (SSSR count). The van der Waals surface area contributed by atoms with E-state index in [9.17, 15) is 14.0 Å². The molecule has 0 aliphatic heterocycles. The summed E-state index contributed by atoms with van der Waals surface area (Å²) in [6, 6.07) is 11.6. The van der Waals surface area contributed by atoms with Gasteiger partial charge < -0.3 is 10.6 Å². The molecule has 0 fully saturated rings. The van der Waals surface area contributed by atoms with Gasteiger partial charge in [-0.2, -0.15) is 0 Å². The Morgan fingerprint density at radius 2 is 1.76 bits per heavy atom. The molecule has 25 heavy (non-hydrogen) atoms. The predicted molar refractivity (Wildman–Crippen MR) is 100 cm³/mol. The van der Waals surface area contributed by atoms with Crippen molar-refractivity contribution in [2.24, 2.45) is 0 Å². The van der Waals surface area contributed by atoms with E-state index in [4.69, 9.17) is 0 Å². The average Bonchev–Trinajstić information content (AvgIpc) is 2.59. The molecular weight excluding hydrogens is 339 g/mol. The Morgan fingerprint density at radius 1 is 1.04 bits per heavy atom. The van der Waals surface area contributed by atoms with Gasteiger partial charge in [0.15, 0.2) is 0 Å². The third-order valence-electron chi connectivity index (χ3n) is 3.53. The summed E-state index contributed by atoms with van der Waals surface area (Å²) < 4.78 is 12.9. The summed E-state index contributed by atoms with van der Waals surface area (Å²) in [7, 11) is 0. The number of hydrogen-bond donors (Lipinski definition) is 2. The van der Waals surface area contributed by atoms with E-state index >= 15 is 0 Å². The van der Waals surface area contributed by atoms with E-state index in [0.29, 0.717) is 30.0 Å². The Kier molecular flexibility index (Phi) is 7.01. The van der Waals surface area contributed by atoms with E-state index in [1.165, 1.54) is 23.9 Å². The topological polar surface area (TPSA) is 58.2 Å². The van der Waals surface area contributed by atoms with Crippen LogP contribution in [-0.2, 0) is 9.59 Å². The summed E-state index contributed by atoms with van der Waals surface area (Å²) in [5.74, 6) is 0.157. The Hall–Kier alpha value is -2.34. The first kappa shape index (κ1) is 19.0. The van der Waals surface area contributed by atoms with Crippen molar-refractivity contribution in [2.45, 2.75) is 31.6 Å². The Bertz CT molecular complexity index is 748.